The molecule has 2 fully saturated rings. The van der Waals surface area contributed by atoms with Crippen LogP contribution in [0, 0.1) is 0 Å². The number of nitrogens with zero attached hydrogens (tertiary/aromatic N) is 2. The number of hydrogen-bond acceptors (Lipinski definition) is 4. The molecule has 2 heterocycles. The van der Waals surface area contributed by atoms with Crippen LogP contribution < -0.4 is 10.5 Å². The topological polar surface area (TPSA) is 58.8 Å². The second-order valence-electron chi connectivity index (χ2n) is 9.32. The van der Waals surface area contributed by atoms with Gasteiger partial charge in [0.25, 0.3) is 5.91 Å². The SMILES string of the molecule is C=C(C)Oc1ccc(C(C)=C2CCN(C3CCN(C(=O)c4cccc(Cl)c4N)CC3)CC2)cc1. The Balaban J connectivity index is 1.31. The van der Waals surface area contributed by atoms with Crippen molar-refractivity contribution in [3.8, 4) is 5.75 Å². The molecule has 180 valence electrons. The van der Waals surface area contributed by atoms with E-state index in [0.717, 1.165) is 57.6 Å². The summed E-state index contributed by atoms with van der Waals surface area (Å²) in [6, 6.07) is 14.1. The summed E-state index contributed by atoms with van der Waals surface area (Å²) in [6.07, 6.45) is 4.17. The molecule has 6 heteroatoms. The summed E-state index contributed by atoms with van der Waals surface area (Å²) in [7, 11) is 0. The molecule has 2 aliphatic heterocycles. The number of para-hydroxylation sites is 1. The molecule has 1 amide bonds. The number of benzene rings is 2. The number of likely N-dealkylation sites (tertiary alicyclic amines) is 2. The van der Waals surface area contributed by atoms with Crippen molar-refractivity contribution in [1.82, 2.24) is 9.80 Å². The maximum Gasteiger partial charge on any atom is 0.255 e. The first-order valence-electron chi connectivity index (χ1n) is 12.0. The van der Waals surface area contributed by atoms with Gasteiger partial charge in [-0.15, -0.1) is 0 Å². The van der Waals surface area contributed by atoms with Crippen molar-refractivity contribution in [3.05, 3.63) is 76.5 Å². The molecule has 2 aromatic rings. The number of ether oxygens (including phenoxy) is 1. The molecule has 2 N–H and O–H groups in total. The molecule has 2 aromatic carbocycles. The lowest BCUT2D eigenvalue weighted by Crippen LogP contribution is -2.48. The van der Waals surface area contributed by atoms with Gasteiger partial charge in [0.1, 0.15) is 5.75 Å². The van der Waals surface area contributed by atoms with E-state index in [1.165, 1.54) is 16.7 Å². The van der Waals surface area contributed by atoms with E-state index in [9.17, 15) is 4.79 Å². The Morgan fingerprint density at radius 2 is 1.68 bits per heavy atom. The number of amides is 1. The molecule has 0 spiro atoms. The first kappa shape index (κ1) is 24.4. The molecule has 5 nitrogen and oxygen atoms in total. The molecular formula is C28H34ClN3O2. The Labute approximate surface area is 207 Å². The van der Waals surface area contributed by atoms with Crippen molar-refractivity contribution in [2.75, 3.05) is 31.9 Å². The lowest BCUT2D eigenvalue weighted by atomic mass is 9.92. The highest BCUT2D eigenvalue weighted by atomic mass is 35.5. The zero-order valence-corrected chi connectivity index (χ0v) is 20.9. The number of halogens is 1. The number of anilines is 1. The number of nitrogen functional groups attached to an aromatic ring is 1. The predicted molar refractivity (Wildman–Crippen MR) is 140 cm³/mol. The minimum absolute atomic E-state index is 0.0161. The Hall–Kier alpha value is -2.76. The van der Waals surface area contributed by atoms with Gasteiger partial charge >= 0.3 is 0 Å². The van der Waals surface area contributed by atoms with Gasteiger partial charge in [0.15, 0.2) is 0 Å². The van der Waals surface area contributed by atoms with Gasteiger partial charge in [0.05, 0.1) is 22.0 Å². The Morgan fingerprint density at radius 1 is 1.03 bits per heavy atom. The Morgan fingerprint density at radius 3 is 2.29 bits per heavy atom. The standard InChI is InChI=1S/C28H34ClN3O2/c1-19(2)34-24-9-7-21(8-10-24)20(3)22-11-15-31(16-12-22)23-13-17-32(18-14-23)28(33)25-5-4-6-26(29)27(25)30/h4-10,23H,1,11-18,30H2,2-3H3. The second kappa shape index (κ2) is 10.7. The third kappa shape index (κ3) is 5.48. The van der Waals surface area contributed by atoms with Crippen molar-refractivity contribution in [1.29, 1.82) is 0 Å². The molecule has 34 heavy (non-hydrogen) atoms. The van der Waals surface area contributed by atoms with Crippen LogP contribution in [-0.2, 0) is 0 Å². The second-order valence-corrected chi connectivity index (χ2v) is 9.72. The van der Waals surface area contributed by atoms with Gasteiger partial charge in [0, 0.05) is 32.2 Å². The third-order valence-corrected chi connectivity index (χ3v) is 7.39. The highest BCUT2D eigenvalue weighted by Gasteiger charge is 2.29. The minimum atomic E-state index is -0.0161. The number of hydrogen-bond donors (Lipinski definition) is 1. The average Bonchev–Trinajstić information content (AvgIpc) is 2.85. The van der Waals surface area contributed by atoms with Gasteiger partial charge in [-0.1, -0.05) is 42.0 Å². The number of piperidine rings is 2. The highest BCUT2D eigenvalue weighted by Crippen LogP contribution is 2.31. The first-order chi connectivity index (χ1) is 16.3. The maximum absolute atomic E-state index is 12.9. The monoisotopic (exact) mass is 479 g/mol. The fourth-order valence-corrected chi connectivity index (χ4v) is 5.21. The first-order valence-corrected chi connectivity index (χ1v) is 12.4. The normalized spacial score (nSPS) is 17.5. The summed E-state index contributed by atoms with van der Waals surface area (Å²) in [6.45, 7) is 11.5. The largest absolute Gasteiger partial charge is 0.463 e. The van der Waals surface area contributed by atoms with Crippen molar-refractivity contribution in [2.24, 2.45) is 0 Å². The lowest BCUT2D eigenvalue weighted by molar-refractivity contribution is 0.0609. The molecule has 0 radical (unpaired) electrons. The van der Waals surface area contributed by atoms with E-state index in [2.05, 4.69) is 30.5 Å². The van der Waals surface area contributed by atoms with Crippen LogP contribution in [0.1, 0.15) is 55.5 Å². The van der Waals surface area contributed by atoms with Gasteiger partial charge in [-0.05, 0) is 74.9 Å². The van der Waals surface area contributed by atoms with E-state index < -0.39 is 0 Å². The summed E-state index contributed by atoms with van der Waals surface area (Å²) >= 11 is 6.10. The summed E-state index contributed by atoms with van der Waals surface area (Å²) in [5.41, 5.74) is 11.1. The zero-order chi connectivity index (χ0) is 24.2. The summed E-state index contributed by atoms with van der Waals surface area (Å²) in [4.78, 5) is 17.5. The average molecular weight is 480 g/mol. The molecular weight excluding hydrogens is 446 g/mol. The molecule has 0 bridgehead atoms. The Bertz CT molecular complexity index is 1080. The fraction of sp³-hybridized carbons (Fsp3) is 0.393. The Kier molecular flexibility index (Phi) is 7.64. The maximum atomic E-state index is 12.9. The molecule has 0 unspecified atom stereocenters. The molecule has 2 saturated heterocycles. The van der Waals surface area contributed by atoms with Crippen LogP contribution in [0.2, 0.25) is 5.02 Å². The number of rotatable bonds is 5. The van der Waals surface area contributed by atoms with Crippen molar-refractivity contribution >= 4 is 28.8 Å². The van der Waals surface area contributed by atoms with Crippen LogP contribution in [-0.4, -0.2) is 47.9 Å². The van der Waals surface area contributed by atoms with Crippen LogP contribution in [0.5, 0.6) is 5.75 Å². The van der Waals surface area contributed by atoms with Crippen LogP contribution >= 0.6 is 11.6 Å². The van der Waals surface area contributed by atoms with Gasteiger partial charge in [0.2, 0.25) is 0 Å². The number of allylic oxidation sites excluding steroid dienone is 2. The van der Waals surface area contributed by atoms with Crippen molar-refractivity contribution < 1.29 is 9.53 Å². The molecule has 4 rings (SSSR count). The third-order valence-electron chi connectivity index (χ3n) is 7.06. The molecule has 2 aliphatic rings. The quantitative estimate of drug-likeness (QED) is 0.421. The molecule has 0 atom stereocenters. The van der Waals surface area contributed by atoms with Gasteiger partial charge in [-0.3, -0.25) is 9.69 Å². The van der Waals surface area contributed by atoms with Gasteiger partial charge < -0.3 is 15.4 Å². The van der Waals surface area contributed by atoms with Gasteiger partial charge in [-0.2, -0.15) is 0 Å². The lowest BCUT2D eigenvalue weighted by Gasteiger charge is -2.41. The summed E-state index contributed by atoms with van der Waals surface area (Å²) in [5, 5.41) is 0.435. The molecule has 0 aromatic heterocycles. The van der Waals surface area contributed by atoms with E-state index in [0.29, 0.717) is 28.1 Å². The van der Waals surface area contributed by atoms with Crippen LogP contribution in [0.4, 0.5) is 5.69 Å². The van der Waals surface area contributed by atoms with Crippen LogP contribution in [0.3, 0.4) is 0 Å². The van der Waals surface area contributed by atoms with E-state index in [4.69, 9.17) is 22.1 Å². The molecule has 0 aliphatic carbocycles. The van der Waals surface area contributed by atoms with Crippen molar-refractivity contribution in [2.45, 2.75) is 45.6 Å². The van der Waals surface area contributed by atoms with E-state index in [1.54, 1.807) is 18.2 Å². The summed E-state index contributed by atoms with van der Waals surface area (Å²) < 4.78 is 5.58. The summed E-state index contributed by atoms with van der Waals surface area (Å²) in [5.74, 6) is 1.50. The zero-order valence-electron chi connectivity index (χ0n) is 20.1. The van der Waals surface area contributed by atoms with Gasteiger partial charge in [-0.25, -0.2) is 0 Å². The minimum Gasteiger partial charge on any atom is -0.463 e. The smallest absolute Gasteiger partial charge is 0.255 e. The van der Waals surface area contributed by atoms with E-state index >= 15 is 0 Å². The number of carbonyl (C=O) groups is 1. The highest BCUT2D eigenvalue weighted by molar-refractivity contribution is 6.33. The fourth-order valence-electron chi connectivity index (χ4n) is 5.04. The van der Waals surface area contributed by atoms with E-state index in [-0.39, 0.29) is 5.91 Å². The number of nitrogens with two attached hydrogens (primary N) is 1. The number of carbonyl (C=O) groups excluding carboxylic acids is 1. The van der Waals surface area contributed by atoms with Crippen LogP contribution in [0.25, 0.3) is 5.57 Å². The predicted octanol–water partition coefficient (Wildman–Crippen LogP) is 6.01. The molecule has 0 saturated carbocycles. The van der Waals surface area contributed by atoms with Crippen molar-refractivity contribution in [3.63, 3.8) is 0 Å². The van der Waals surface area contributed by atoms with E-state index in [1.807, 2.05) is 24.0 Å². The van der Waals surface area contributed by atoms with Crippen LogP contribution in [0.15, 0.2) is 60.4 Å².